The number of carbonyl (C=O) groups excluding carboxylic acids is 1. The van der Waals surface area contributed by atoms with E-state index in [4.69, 9.17) is 10.7 Å². The van der Waals surface area contributed by atoms with Gasteiger partial charge >= 0.3 is 0 Å². The van der Waals surface area contributed by atoms with Crippen LogP contribution in [0.15, 0.2) is 41.6 Å². The highest BCUT2D eigenvalue weighted by atomic mass is 32.1. The van der Waals surface area contributed by atoms with Crippen LogP contribution in [-0.4, -0.2) is 40.4 Å². The molecule has 0 spiro atoms. The van der Waals surface area contributed by atoms with E-state index in [1.807, 2.05) is 17.7 Å². The number of carbonyl (C=O) groups is 1. The summed E-state index contributed by atoms with van der Waals surface area (Å²) >= 11 is 1.54. The Bertz CT molecular complexity index is 1440. The zero-order chi connectivity index (χ0) is 20.8. The molecule has 1 amide bonds. The van der Waals surface area contributed by atoms with Gasteiger partial charge in [0.05, 0.1) is 28.7 Å². The average Bonchev–Trinajstić information content (AvgIpc) is 3.44. The van der Waals surface area contributed by atoms with Gasteiger partial charge in [-0.2, -0.15) is 10.2 Å². The molecule has 5 heterocycles. The van der Waals surface area contributed by atoms with Crippen molar-refractivity contribution >= 4 is 38.5 Å². The molecule has 0 aromatic carbocycles. The maximum absolute atomic E-state index is 13.1. The number of rotatable bonds is 5. The van der Waals surface area contributed by atoms with Crippen LogP contribution >= 0.6 is 11.3 Å². The highest BCUT2D eigenvalue weighted by Gasteiger charge is 2.18. The Labute approximate surface area is 173 Å². The second kappa shape index (κ2) is 6.88. The van der Waals surface area contributed by atoms with Gasteiger partial charge in [0.15, 0.2) is 5.65 Å². The smallest absolute Gasteiger partial charge is 0.291 e. The summed E-state index contributed by atoms with van der Waals surface area (Å²) in [4.78, 5) is 33.2. The Morgan fingerprint density at radius 1 is 1.27 bits per heavy atom. The van der Waals surface area contributed by atoms with Gasteiger partial charge in [0.1, 0.15) is 10.5 Å². The van der Waals surface area contributed by atoms with Gasteiger partial charge in [-0.3, -0.25) is 19.7 Å². The monoisotopic (exact) mass is 420 g/mol. The lowest BCUT2D eigenvalue weighted by molar-refractivity contribution is 0.1000. The second-order valence-electron chi connectivity index (χ2n) is 6.85. The molecule has 0 aliphatic rings. The predicted molar refractivity (Wildman–Crippen MR) is 111 cm³/mol. The molecule has 5 rings (SSSR count). The molecule has 0 saturated carbocycles. The third kappa shape index (κ3) is 2.95. The first-order chi connectivity index (χ1) is 14.5. The molecule has 0 radical (unpaired) electrons. The minimum atomic E-state index is -0.547. The number of thiazole rings is 1. The summed E-state index contributed by atoms with van der Waals surface area (Å²) < 4.78 is 4.09. The topological polar surface area (TPSA) is 137 Å². The zero-order valence-electron chi connectivity index (χ0n) is 15.9. The van der Waals surface area contributed by atoms with Crippen molar-refractivity contribution < 1.29 is 4.79 Å². The Morgan fingerprint density at radius 3 is 2.83 bits per heavy atom. The van der Waals surface area contributed by atoms with E-state index in [1.54, 1.807) is 35.9 Å². The lowest BCUT2D eigenvalue weighted by Crippen LogP contribution is -2.25. The van der Waals surface area contributed by atoms with Crippen LogP contribution < -0.4 is 11.3 Å². The van der Waals surface area contributed by atoms with Crippen LogP contribution in [-0.2, 0) is 20.0 Å². The van der Waals surface area contributed by atoms with E-state index < -0.39 is 5.91 Å². The molecule has 5 aromatic heterocycles. The van der Waals surface area contributed by atoms with Crippen molar-refractivity contribution in [3.8, 4) is 0 Å². The van der Waals surface area contributed by atoms with Crippen molar-refractivity contribution in [1.29, 1.82) is 0 Å². The highest BCUT2D eigenvalue weighted by molar-refractivity contribution is 7.19. The highest BCUT2D eigenvalue weighted by Crippen LogP contribution is 2.31. The molecule has 0 atom stereocenters. The largest absolute Gasteiger partial charge is 0.366 e. The molecule has 0 saturated heterocycles. The van der Waals surface area contributed by atoms with Gasteiger partial charge in [-0.25, -0.2) is 9.67 Å². The van der Waals surface area contributed by atoms with E-state index in [0.717, 1.165) is 26.4 Å². The average molecular weight is 420 g/mol. The van der Waals surface area contributed by atoms with E-state index >= 15 is 0 Å². The van der Waals surface area contributed by atoms with Crippen LogP contribution in [0.4, 0.5) is 0 Å². The van der Waals surface area contributed by atoms with E-state index in [9.17, 15) is 9.59 Å². The van der Waals surface area contributed by atoms with Crippen LogP contribution in [0.1, 0.15) is 26.8 Å². The third-order valence-electron chi connectivity index (χ3n) is 4.89. The maximum atomic E-state index is 13.1. The number of primary amides is 1. The standard InChI is InChI=1S/C19H16N8O2S/c1-26-15-13(16-18(26)24-14(30-16)6-11-4-5-22-25-11)8-23-27(19(15)29)9-12-3-2-10(7-21-12)17(20)28/h2-5,7-8H,6,9H2,1H3,(H2,20,28)(H,22,25). The summed E-state index contributed by atoms with van der Waals surface area (Å²) in [6.45, 7) is 0.186. The van der Waals surface area contributed by atoms with Gasteiger partial charge in [0.2, 0.25) is 5.91 Å². The number of amides is 1. The van der Waals surface area contributed by atoms with Crippen molar-refractivity contribution in [2.24, 2.45) is 12.8 Å². The fraction of sp³-hybridized carbons (Fsp3) is 0.158. The summed E-state index contributed by atoms with van der Waals surface area (Å²) in [6, 6.07) is 5.15. The van der Waals surface area contributed by atoms with Gasteiger partial charge in [-0.1, -0.05) is 0 Å². The fourth-order valence-electron chi connectivity index (χ4n) is 3.38. The summed E-state index contributed by atoms with van der Waals surface area (Å²) in [5.41, 5.74) is 8.20. The third-order valence-corrected chi connectivity index (χ3v) is 5.97. The Morgan fingerprint density at radius 2 is 2.13 bits per heavy atom. The van der Waals surface area contributed by atoms with Crippen LogP contribution in [0.3, 0.4) is 0 Å². The van der Waals surface area contributed by atoms with Gasteiger partial charge in [-0.05, 0) is 18.2 Å². The molecule has 0 aliphatic heterocycles. The number of hydrogen-bond donors (Lipinski definition) is 2. The number of pyridine rings is 1. The lowest BCUT2D eigenvalue weighted by atomic mass is 10.2. The van der Waals surface area contributed by atoms with Crippen LogP contribution in [0.25, 0.3) is 21.3 Å². The molecule has 11 heteroatoms. The number of aryl methyl sites for hydroxylation is 1. The summed E-state index contributed by atoms with van der Waals surface area (Å²) in [5.74, 6) is -0.547. The molecule has 10 nitrogen and oxygen atoms in total. The Hall–Kier alpha value is -3.86. The Balaban J connectivity index is 1.53. The van der Waals surface area contributed by atoms with Gasteiger partial charge in [0, 0.05) is 36.9 Å². The molecule has 30 heavy (non-hydrogen) atoms. The molecular formula is C19H16N8O2S. The first-order valence-corrected chi connectivity index (χ1v) is 9.90. The lowest BCUT2D eigenvalue weighted by Gasteiger charge is -2.05. The van der Waals surface area contributed by atoms with Crippen LogP contribution in [0.5, 0.6) is 0 Å². The fourth-order valence-corrected chi connectivity index (χ4v) is 4.51. The number of nitrogens with two attached hydrogens (primary N) is 1. The van der Waals surface area contributed by atoms with Crippen LogP contribution in [0.2, 0.25) is 0 Å². The molecule has 0 bridgehead atoms. The van der Waals surface area contributed by atoms with Crippen molar-refractivity contribution in [2.45, 2.75) is 13.0 Å². The molecule has 0 fully saturated rings. The molecule has 150 valence electrons. The number of aromatic nitrogens is 7. The minimum Gasteiger partial charge on any atom is -0.366 e. The maximum Gasteiger partial charge on any atom is 0.291 e. The van der Waals surface area contributed by atoms with E-state index in [-0.39, 0.29) is 12.1 Å². The molecule has 0 unspecified atom stereocenters. The second-order valence-corrected chi connectivity index (χ2v) is 7.93. The predicted octanol–water partition coefficient (Wildman–Crippen LogP) is 1.20. The normalized spacial score (nSPS) is 11.5. The van der Waals surface area contributed by atoms with Crippen molar-refractivity contribution in [1.82, 2.24) is 34.5 Å². The van der Waals surface area contributed by atoms with Gasteiger partial charge < -0.3 is 10.3 Å². The van der Waals surface area contributed by atoms with Crippen molar-refractivity contribution in [2.75, 3.05) is 0 Å². The van der Waals surface area contributed by atoms with E-state index in [2.05, 4.69) is 20.3 Å². The van der Waals surface area contributed by atoms with Crippen molar-refractivity contribution in [3.05, 3.63) is 69.1 Å². The summed E-state index contributed by atoms with van der Waals surface area (Å²) in [5, 5.41) is 12.9. The van der Waals surface area contributed by atoms with E-state index in [0.29, 0.717) is 23.2 Å². The minimum absolute atomic E-state index is 0.186. The number of hydrogen-bond acceptors (Lipinski definition) is 7. The van der Waals surface area contributed by atoms with Crippen LogP contribution in [0, 0.1) is 0 Å². The number of aromatic amines is 1. The zero-order valence-corrected chi connectivity index (χ0v) is 16.7. The van der Waals surface area contributed by atoms with E-state index in [1.165, 1.54) is 10.9 Å². The first-order valence-electron chi connectivity index (χ1n) is 9.08. The Kier molecular flexibility index (Phi) is 4.17. The number of nitrogens with one attached hydrogen (secondary N) is 1. The number of nitrogens with zero attached hydrogens (tertiary/aromatic N) is 6. The molecular weight excluding hydrogens is 404 g/mol. The van der Waals surface area contributed by atoms with Gasteiger partial charge in [-0.15, -0.1) is 11.3 Å². The SMILES string of the molecule is Cn1c2nc(Cc3ccn[nH]3)sc2c2cnn(Cc3ccc(C(N)=O)cn3)c(=O)c21. The number of H-pyrrole nitrogens is 1. The summed E-state index contributed by atoms with van der Waals surface area (Å²) in [6.07, 6.45) is 5.44. The molecule has 0 aliphatic carbocycles. The molecule has 3 N–H and O–H groups in total. The first kappa shape index (κ1) is 18.2. The van der Waals surface area contributed by atoms with Crippen molar-refractivity contribution in [3.63, 3.8) is 0 Å². The number of fused-ring (bicyclic) bond motifs is 3. The quantitative estimate of drug-likeness (QED) is 0.438. The molecule has 5 aromatic rings. The van der Waals surface area contributed by atoms with Gasteiger partial charge in [0.25, 0.3) is 5.56 Å². The summed E-state index contributed by atoms with van der Waals surface area (Å²) in [7, 11) is 1.83.